The van der Waals surface area contributed by atoms with Crippen LogP contribution in [-0.4, -0.2) is 37.9 Å². The summed E-state index contributed by atoms with van der Waals surface area (Å²) in [5.41, 5.74) is 1.33. The second-order valence-corrected chi connectivity index (χ2v) is 6.06. The molecule has 2 fully saturated rings. The molecule has 1 N–H and O–H groups in total. The molecule has 6 heteroatoms. The Bertz CT molecular complexity index is 491. The molecule has 0 radical (unpaired) electrons. The summed E-state index contributed by atoms with van der Waals surface area (Å²) in [6.07, 6.45) is 4.06. The number of nitrogens with one attached hydrogen (secondary N) is 1. The molecule has 1 aromatic carbocycles. The van der Waals surface area contributed by atoms with E-state index in [1.807, 2.05) is 6.07 Å². The Hall–Kier alpha value is -0.680. The van der Waals surface area contributed by atoms with E-state index in [9.17, 15) is 0 Å². The summed E-state index contributed by atoms with van der Waals surface area (Å²) in [5, 5.41) is 3.44. The number of para-hydroxylation sites is 1. The first-order valence-corrected chi connectivity index (χ1v) is 7.75. The number of piperazine rings is 1. The standard InChI is InChI=1S/C16H22N2O2.2ClH/c1-2-13(16-15(3-1)19-11-20-16)14(10-12-4-5-12)18-8-6-17-7-9-18;;/h1-3,12,14,17H,4-11H2;2*1H/t14-;;/m1../s1. The van der Waals surface area contributed by atoms with Gasteiger partial charge in [0.2, 0.25) is 6.79 Å². The summed E-state index contributed by atoms with van der Waals surface area (Å²) in [5.74, 6) is 2.81. The summed E-state index contributed by atoms with van der Waals surface area (Å²) >= 11 is 0. The van der Waals surface area contributed by atoms with Crippen molar-refractivity contribution in [1.82, 2.24) is 10.2 Å². The lowest BCUT2D eigenvalue weighted by Crippen LogP contribution is -2.45. The van der Waals surface area contributed by atoms with Crippen LogP contribution in [0.1, 0.15) is 30.9 Å². The molecule has 0 bridgehead atoms. The zero-order chi connectivity index (χ0) is 13.4. The van der Waals surface area contributed by atoms with Crippen molar-refractivity contribution >= 4 is 24.8 Å². The number of ether oxygens (including phenoxy) is 2. The van der Waals surface area contributed by atoms with Crippen LogP contribution in [0, 0.1) is 5.92 Å². The molecule has 1 atom stereocenters. The fourth-order valence-corrected chi connectivity index (χ4v) is 3.35. The molecule has 0 unspecified atom stereocenters. The third-order valence-corrected chi connectivity index (χ3v) is 4.63. The minimum Gasteiger partial charge on any atom is -0.454 e. The van der Waals surface area contributed by atoms with Gasteiger partial charge < -0.3 is 14.8 Å². The highest BCUT2D eigenvalue weighted by Gasteiger charge is 2.33. The van der Waals surface area contributed by atoms with Crippen LogP contribution >= 0.6 is 24.8 Å². The van der Waals surface area contributed by atoms with Crippen molar-refractivity contribution in [3.8, 4) is 11.5 Å². The monoisotopic (exact) mass is 346 g/mol. The van der Waals surface area contributed by atoms with Gasteiger partial charge in [-0.05, 0) is 18.4 Å². The van der Waals surface area contributed by atoms with Gasteiger partial charge in [-0.2, -0.15) is 0 Å². The van der Waals surface area contributed by atoms with Crippen LogP contribution in [0.2, 0.25) is 0 Å². The summed E-state index contributed by atoms with van der Waals surface area (Å²) in [4.78, 5) is 2.62. The molecule has 1 aromatic rings. The molecule has 2 aliphatic heterocycles. The van der Waals surface area contributed by atoms with Crippen molar-refractivity contribution < 1.29 is 9.47 Å². The maximum atomic E-state index is 5.74. The quantitative estimate of drug-likeness (QED) is 0.908. The van der Waals surface area contributed by atoms with Gasteiger partial charge in [-0.1, -0.05) is 25.0 Å². The van der Waals surface area contributed by atoms with Crippen LogP contribution in [0.15, 0.2) is 18.2 Å². The lowest BCUT2D eigenvalue weighted by Gasteiger charge is -2.35. The van der Waals surface area contributed by atoms with E-state index in [0.29, 0.717) is 12.8 Å². The molecule has 4 nitrogen and oxygen atoms in total. The Morgan fingerprint density at radius 3 is 2.64 bits per heavy atom. The van der Waals surface area contributed by atoms with Crippen LogP contribution in [0.4, 0.5) is 0 Å². The van der Waals surface area contributed by atoms with Crippen LogP contribution in [-0.2, 0) is 0 Å². The van der Waals surface area contributed by atoms with Crippen molar-refractivity contribution in [3.63, 3.8) is 0 Å². The molecule has 1 saturated carbocycles. The fraction of sp³-hybridized carbons (Fsp3) is 0.625. The third kappa shape index (κ3) is 3.62. The summed E-state index contributed by atoms with van der Waals surface area (Å²) in [7, 11) is 0. The van der Waals surface area contributed by atoms with Gasteiger partial charge in [-0.25, -0.2) is 0 Å². The number of rotatable bonds is 4. The molecule has 4 rings (SSSR count). The van der Waals surface area contributed by atoms with Crippen LogP contribution in [0.5, 0.6) is 11.5 Å². The molecule has 124 valence electrons. The summed E-state index contributed by atoms with van der Waals surface area (Å²) < 4.78 is 11.3. The second kappa shape index (κ2) is 7.73. The average molecular weight is 347 g/mol. The van der Waals surface area contributed by atoms with E-state index in [4.69, 9.17) is 9.47 Å². The van der Waals surface area contributed by atoms with E-state index in [1.54, 1.807) is 0 Å². The molecule has 1 saturated heterocycles. The highest BCUT2D eigenvalue weighted by atomic mass is 35.5. The predicted octanol–water partition coefficient (Wildman–Crippen LogP) is 3.01. The minimum absolute atomic E-state index is 0. The number of nitrogens with zero attached hydrogens (tertiary/aromatic N) is 1. The minimum atomic E-state index is 0. The molecular formula is C16H24Cl2N2O2. The maximum absolute atomic E-state index is 5.74. The Balaban J connectivity index is 0.000000882. The molecule has 3 aliphatic rings. The predicted molar refractivity (Wildman–Crippen MR) is 91.6 cm³/mol. The highest BCUT2D eigenvalue weighted by molar-refractivity contribution is 5.85. The first-order chi connectivity index (χ1) is 9.92. The Labute approximate surface area is 144 Å². The van der Waals surface area contributed by atoms with E-state index in [-0.39, 0.29) is 24.8 Å². The van der Waals surface area contributed by atoms with Gasteiger partial charge in [0.05, 0.1) is 0 Å². The fourth-order valence-electron chi connectivity index (χ4n) is 3.35. The topological polar surface area (TPSA) is 33.7 Å². The Morgan fingerprint density at radius 2 is 1.91 bits per heavy atom. The van der Waals surface area contributed by atoms with Gasteiger partial charge in [0.25, 0.3) is 0 Å². The SMILES string of the molecule is Cl.Cl.c1cc2c(c([C@@H](CC3CC3)N3CCNCC3)c1)OCO2. The zero-order valence-electron chi connectivity index (χ0n) is 12.6. The number of fused-ring (bicyclic) bond motifs is 1. The maximum Gasteiger partial charge on any atom is 0.231 e. The van der Waals surface area contributed by atoms with Crippen LogP contribution in [0.3, 0.4) is 0 Å². The molecule has 1 aliphatic carbocycles. The Kier molecular flexibility index (Phi) is 6.21. The largest absolute Gasteiger partial charge is 0.454 e. The molecule has 0 spiro atoms. The van der Waals surface area contributed by atoms with E-state index in [0.717, 1.165) is 43.6 Å². The molecule has 0 amide bonds. The van der Waals surface area contributed by atoms with E-state index in [1.165, 1.54) is 24.8 Å². The number of halogens is 2. The lowest BCUT2D eigenvalue weighted by molar-refractivity contribution is 0.150. The second-order valence-electron chi connectivity index (χ2n) is 6.06. The number of hydrogen-bond donors (Lipinski definition) is 1. The van der Waals surface area contributed by atoms with Gasteiger partial charge >= 0.3 is 0 Å². The van der Waals surface area contributed by atoms with E-state index >= 15 is 0 Å². The molecule has 22 heavy (non-hydrogen) atoms. The van der Waals surface area contributed by atoms with Crippen LogP contribution in [0.25, 0.3) is 0 Å². The third-order valence-electron chi connectivity index (χ3n) is 4.63. The zero-order valence-corrected chi connectivity index (χ0v) is 14.3. The van der Waals surface area contributed by atoms with Crippen molar-refractivity contribution in [1.29, 1.82) is 0 Å². The highest BCUT2D eigenvalue weighted by Crippen LogP contribution is 2.46. The van der Waals surface area contributed by atoms with E-state index < -0.39 is 0 Å². The first-order valence-electron chi connectivity index (χ1n) is 7.75. The average Bonchev–Trinajstić information content (AvgIpc) is 3.19. The van der Waals surface area contributed by atoms with E-state index in [2.05, 4.69) is 22.3 Å². The number of hydrogen-bond acceptors (Lipinski definition) is 4. The van der Waals surface area contributed by atoms with Gasteiger partial charge in [-0.15, -0.1) is 24.8 Å². The molecule has 2 heterocycles. The normalized spacial score (nSPS) is 21.6. The van der Waals surface area contributed by atoms with Crippen molar-refractivity contribution in [2.45, 2.75) is 25.3 Å². The first kappa shape index (κ1) is 17.7. The lowest BCUT2D eigenvalue weighted by atomic mass is 9.97. The number of benzene rings is 1. The summed E-state index contributed by atoms with van der Waals surface area (Å²) in [6.45, 7) is 4.80. The smallest absolute Gasteiger partial charge is 0.231 e. The Morgan fingerprint density at radius 1 is 1.14 bits per heavy atom. The molecule has 0 aromatic heterocycles. The van der Waals surface area contributed by atoms with Crippen molar-refractivity contribution in [2.75, 3.05) is 33.0 Å². The van der Waals surface area contributed by atoms with Gasteiger partial charge in [0.1, 0.15) is 0 Å². The van der Waals surface area contributed by atoms with Crippen molar-refractivity contribution in [3.05, 3.63) is 23.8 Å². The van der Waals surface area contributed by atoms with Crippen molar-refractivity contribution in [2.24, 2.45) is 5.92 Å². The molecular weight excluding hydrogens is 323 g/mol. The van der Waals surface area contributed by atoms with Gasteiger partial charge in [-0.3, -0.25) is 4.90 Å². The van der Waals surface area contributed by atoms with Gasteiger partial charge in [0, 0.05) is 37.8 Å². The van der Waals surface area contributed by atoms with Crippen LogP contribution < -0.4 is 14.8 Å². The van der Waals surface area contributed by atoms with Gasteiger partial charge in [0.15, 0.2) is 11.5 Å². The summed E-state index contributed by atoms with van der Waals surface area (Å²) in [6, 6.07) is 6.83.